The molecule has 0 aromatic carbocycles. The molecule has 0 radical (unpaired) electrons. The zero-order chi connectivity index (χ0) is 11.8. The van der Waals surface area contributed by atoms with Crippen molar-refractivity contribution in [3.05, 3.63) is 22.4 Å². The average molecular weight is 239 g/mol. The molecule has 16 heavy (non-hydrogen) atoms. The Morgan fingerprint density at radius 2 is 2.25 bits per heavy atom. The van der Waals surface area contributed by atoms with Gasteiger partial charge in [-0.2, -0.15) is 0 Å². The molecule has 0 saturated heterocycles. The lowest BCUT2D eigenvalue weighted by atomic mass is 10.1. The van der Waals surface area contributed by atoms with E-state index in [1.54, 1.807) is 0 Å². The second-order valence-electron chi connectivity index (χ2n) is 4.05. The third-order valence-corrected chi connectivity index (χ3v) is 3.60. The lowest BCUT2D eigenvalue weighted by Gasteiger charge is -2.16. The van der Waals surface area contributed by atoms with E-state index in [0.717, 1.165) is 17.7 Å². The molecule has 3 heteroatoms. The summed E-state index contributed by atoms with van der Waals surface area (Å²) in [6.07, 6.45) is 5.81. The average Bonchev–Trinajstić information content (AvgIpc) is 2.81. The summed E-state index contributed by atoms with van der Waals surface area (Å²) >= 11 is 1.50. The molecule has 1 heterocycles. The van der Waals surface area contributed by atoms with E-state index in [0.29, 0.717) is 6.04 Å². The van der Waals surface area contributed by atoms with Crippen LogP contribution in [0.5, 0.6) is 0 Å². The van der Waals surface area contributed by atoms with Gasteiger partial charge in [0.2, 0.25) is 0 Å². The van der Waals surface area contributed by atoms with Gasteiger partial charge in [0.05, 0.1) is 4.88 Å². The van der Waals surface area contributed by atoms with Gasteiger partial charge in [-0.05, 0) is 24.3 Å². The maximum atomic E-state index is 11.8. The second-order valence-corrected chi connectivity index (χ2v) is 5.00. The van der Waals surface area contributed by atoms with E-state index in [2.05, 4.69) is 19.2 Å². The van der Waals surface area contributed by atoms with Crippen LogP contribution in [0.1, 0.15) is 55.6 Å². The number of carbonyl (C=O) groups excluding carboxylic acids is 1. The van der Waals surface area contributed by atoms with Gasteiger partial charge in [0.15, 0.2) is 0 Å². The highest BCUT2D eigenvalue weighted by Gasteiger charge is 2.12. The number of unbranched alkanes of at least 4 members (excludes halogenated alkanes) is 2. The predicted molar refractivity (Wildman–Crippen MR) is 70.0 cm³/mol. The molecule has 0 spiro atoms. The van der Waals surface area contributed by atoms with Crippen molar-refractivity contribution in [2.24, 2.45) is 0 Å². The van der Waals surface area contributed by atoms with E-state index < -0.39 is 0 Å². The first kappa shape index (κ1) is 13.2. The van der Waals surface area contributed by atoms with E-state index in [1.807, 2.05) is 17.5 Å². The minimum Gasteiger partial charge on any atom is -0.349 e. The fourth-order valence-electron chi connectivity index (χ4n) is 1.68. The quantitative estimate of drug-likeness (QED) is 0.720. The molecule has 1 aromatic rings. The van der Waals surface area contributed by atoms with Gasteiger partial charge in [-0.3, -0.25) is 4.79 Å². The van der Waals surface area contributed by atoms with Crippen LogP contribution >= 0.6 is 11.3 Å². The topological polar surface area (TPSA) is 29.1 Å². The Hall–Kier alpha value is -0.830. The first-order valence-corrected chi connectivity index (χ1v) is 7.00. The van der Waals surface area contributed by atoms with Gasteiger partial charge >= 0.3 is 0 Å². The third kappa shape index (κ3) is 4.35. The highest BCUT2D eigenvalue weighted by Crippen LogP contribution is 2.11. The van der Waals surface area contributed by atoms with Crippen LogP contribution < -0.4 is 5.32 Å². The van der Waals surface area contributed by atoms with Gasteiger partial charge in [-0.15, -0.1) is 11.3 Å². The summed E-state index contributed by atoms with van der Waals surface area (Å²) in [5.41, 5.74) is 0. The van der Waals surface area contributed by atoms with Gasteiger partial charge in [0, 0.05) is 6.04 Å². The summed E-state index contributed by atoms with van der Waals surface area (Å²) in [5.74, 6) is 0.0818. The molecule has 1 atom stereocenters. The number of amides is 1. The standard InChI is InChI=1S/C13H21NOS/c1-3-5-6-8-11(4-2)14-13(15)12-9-7-10-16-12/h7,9-11H,3-6,8H2,1-2H3,(H,14,15). The van der Waals surface area contributed by atoms with E-state index in [1.165, 1.54) is 30.6 Å². The summed E-state index contributed by atoms with van der Waals surface area (Å²) in [6.45, 7) is 4.33. The smallest absolute Gasteiger partial charge is 0.261 e. The molecule has 0 saturated carbocycles. The highest BCUT2D eigenvalue weighted by molar-refractivity contribution is 7.12. The molecule has 1 N–H and O–H groups in total. The van der Waals surface area contributed by atoms with Crippen molar-refractivity contribution in [2.75, 3.05) is 0 Å². The van der Waals surface area contributed by atoms with Crippen molar-refractivity contribution in [1.29, 1.82) is 0 Å². The molecule has 0 aliphatic rings. The Labute approximate surface area is 102 Å². The zero-order valence-electron chi connectivity index (χ0n) is 10.2. The number of hydrogen-bond acceptors (Lipinski definition) is 2. The molecular formula is C13H21NOS. The monoisotopic (exact) mass is 239 g/mol. The van der Waals surface area contributed by atoms with Crippen molar-refractivity contribution in [2.45, 2.75) is 52.0 Å². The van der Waals surface area contributed by atoms with Gasteiger partial charge in [-0.1, -0.05) is 39.2 Å². The Morgan fingerprint density at radius 1 is 1.44 bits per heavy atom. The van der Waals surface area contributed by atoms with Crippen molar-refractivity contribution in [3.8, 4) is 0 Å². The molecule has 1 unspecified atom stereocenters. The molecular weight excluding hydrogens is 218 g/mol. The number of hydrogen-bond donors (Lipinski definition) is 1. The number of nitrogens with one attached hydrogen (secondary N) is 1. The Morgan fingerprint density at radius 3 is 2.81 bits per heavy atom. The minimum atomic E-state index is 0.0818. The van der Waals surface area contributed by atoms with Crippen LogP contribution in [0.2, 0.25) is 0 Å². The van der Waals surface area contributed by atoms with E-state index in [4.69, 9.17) is 0 Å². The van der Waals surface area contributed by atoms with Gasteiger partial charge in [0.1, 0.15) is 0 Å². The second kappa shape index (κ2) is 7.44. The number of carbonyl (C=O) groups is 1. The molecule has 1 aromatic heterocycles. The van der Waals surface area contributed by atoms with Crippen LogP contribution in [-0.2, 0) is 0 Å². The molecule has 1 rings (SSSR count). The fourth-order valence-corrected chi connectivity index (χ4v) is 2.31. The van der Waals surface area contributed by atoms with Gasteiger partial charge in [0.25, 0.3) is 5.91 Å². The third-order valence-electron chi connectivity index (χ3n) is 2.73. The SMILES string of the molecule is CCCCCC(CC)NC(=O)c1cccs1. The summed E-state index contributed by atoms with van der Waals surface area (Å²) in [6, 6.07) is 4.12. The molecule has 90 valence electrons. The van der Waals surface area contributed by atoms with Crippen LogP contribution in [-0.4, -0.2) is 11.9 Å². The highest BCUT2D eigenvalue weighted by atomic mass is 32.1. The zero-order valence-corrected chi connectivity index (χ0v) is 11.0. The fraction of sp³-hybridized carbons (Fsp3) is 0.615. The Bertz CT molecular complexity index is 295. The predicted octanol–water partition coefficient (Wildman–Crippen LogP) is 3.84. The maximum absolute atomic E-state index is 11.8. The molecule has 2 nitrogen and oxygen atoms in total. The maximum Gasteiger partial charge on any atom is 0.261 e. The first-order valence-electron chi connectivity index (χ1n) is 6.12. The van der Waals surface area contributed by atoms with Crippen LogP contribution in [0.25, 0.3) is 0 Å². The lowest BCUT2D eigenvalue weighted by molar-refractivity contribution is 0.0937. The summed E-state index contributed by atoms with van der Waals surface area (Å²) in [4.78, 5) is 12.6. The normalized spacial score (nSPS) is 12.4. The Kier molecular flexibility index (Phi) is 6.16. The van der Waals surface area contributed by atoms with Crippen molar-refractivity contribution in [1.82, 2.24) is 5.32 Å². The van der Waals surface area contributed by atoms with E-state index in [-0.39, 0.29) is 5.91 Å². The molecule has 0 bridgehead atoms. The number of rotatable bonds is 7. The van der Waals surface area contributed by atoms with Crippen molar-refractivity contribution >= 4 is 17.2 Å². The molecule has 0 aliphatic carbocycles. The number of thiophene rings is 1. The van der Waals surface area contributed by atoms with Gasteiger partial charge in [-0.25, -0.2) is 0 Å². The first-order chi connectivity index (χ1) is 7.77. The van der Waals surface area contributed by atoms with Crippen molar-refractivity contribution in [3.63, 3.8) is 0 Å². The lowest BCUT2D eigenvalue weighted by Crippen LogP contribution is -2.33. The minimum absolute atomic E-state index is 0.0818. The van der Waals surface area contributed by atoms with Gasteiger partial charge < -0.3 is 5.32 Å². The van der Waals surface area contributed by atoms with Crippen LogP contribution in [0.15, 0.2) is 17.5 Å². The van der Waals surface area contributed by atoms with Crippen LogP contribution in [0.4, 0.5) is 0 Å². The Balaban J connectivity index is 2.35. The summed E-state index contributed by atoms with van der Waals surface area (Å²) in [7, 11) is 0. The van der Waals surface area contributed by atoms with Crippen molar-refractivity contribution < 1.29 is 4.79 Å². The molecule has 0 aliphatic heterocycles. The summed E-state index contributed by atoms with van der Waals surface area (Å²) in [5, 5.41) is 5.04. The van der Waals surface area contributed by atoms with E-state index in [9.17, 15) is 4.79 Å². The summed E-state index contributed by atoms with van der Waals surface area (Å²) < 4.78 is 0. The largest absolute Gasteiger partial charge is 0.349 e. The van der Waals surface area contributed by atoms with Crippen LogP contribution in [0.3, 0.4) is 0 Å². The van der Waals surface area contributed by atoms with Crippen LogP contribution in [0, 0.1) is 0 Å². The molecule has 0 fully saturated rings. The van der Waals surface area contributed by atoms with E-state index >= 15 is 0 Å². The molecule has 1 amide bonds.